The van der Waals surface area contributed by atoms with Crippen molar-refractivity contribution in [3.8, 4) is 0 Å². The first-order valence-electron chi connectivity index (χ1n) is 2.48. The van der Waals surface area contributed by atoms with Crippen LogP contribution in [0.25, 0.3) is 0 Å². The van der Waals surface area contributed by atoms with Crippen molar-refractivity contribution in [1.29, 1.82) is 0 Å². The third kappa shape index (κ3) is 2.98. The van der Waals surface area contributed by atoms with Crippen molar-refractivity contribution < 1.29 is 22.4 Å². The molecule has 2 nitrogen and oxygen atoms in total. The van der Waals surface area contributed by atoms with Gasteiger partial charge >= 0.3 is 12.3 Å². The van der Waals surface area contributed by atoms with Crippen LogP contribution in [0.15, 0.2) is 0 Å². The summed E-state index contributed by atoms with van der Waals surface area (Å²) in [6.45, 7) is -0.572. The Morgan fingerprint density at radius 3 is 2.20 bits per heavy atom. The minimum Gasteiger partial charge on any atom is -0.304 e. The lowest BCUT2D eigenvalue weighted by Gasteiger charge is -2.13. The molecule has 0 aromatic rings. The SMILES string of the molecule is NOCCC(F)(F)C(F)F. The van der Waals surface area contributed by atoms with Crippen LogP contribution >= 0.6 is 0 Å². The van der Waals surface area contributed by atoms with Crippen molar-refractivity contribution in [3.63, 3.8) is 0 Å². The molecule has 0 rings (SSSR count). The summed E-state index contributed by atoms with van der Waals surface area (Å²) in [6, 6.07) is 0. The fraction of sp³-hybridized carbons (Fsp3) is 1.00. The summed E-state index contributed by atoms with van der Waals surface area (Å²) in [6.07, 6.45) is -4.70. The van der Waals surface area contributed by atoms with Gasteiger partial charge in [-0.1, -0.05) is 0 Å². The van der Waals surface area contributed by atoms with Crippen LogP contribution in [0.4, 0.5) is 17.6 Å². The van der Waals surface area contributed by atoms with Gasteiger partial charge in [0.15, 0.2) is 0 Å². The van der Waals surface area contributed by atoms with Gasteiger partial charge in [-0.3, -0.25) is 0 Å². The van der Waals surface area contributed by atoms with E-state index in [4.69, 9.17) is 0 Å². The molecule has 0 aliphatic rings. The molecule has 0 atom stereocenters. The van der Waals surface area contributed by atoms with Crippen molar-refractivity contribution in [2.45, 2.75) is 18.8 Å². The number of alkyl halides is 4. The second kappa shape index (κ2) is 3.72. The summed E-state index contributed by atoms with van der Waals surface area (Å²) < 4.78 is 46.3. The Labute approximate surface area is 54.9 Å². The molecule has 0 saturated carbocycles. The summed E-state index contributed by atoms with van der Waals surface area (Å²) >= 11 is 0. The maximum Gasteiger partial charge on any atom is 0.309 e. The number of hydrogen-bond acceptors (Lipinski definition) is 2. The third-order valence-corrected chi connectivity index (χ3v) is 0.872. The highest BCUT2D eigenvalue weighted by Gasteiger charge is 2.39. The second-order valence-corrected chi connectivity index (χ2v) is 1.68. The topological polar surface area (TPSA) is 35.2 Å². The Kier molecular flexibility index (Phi) is 3.59. The predicted molar refractivity (Wildman–Crippen MR) is 25.7 cm³/mol. The summed E-state index contributed by atoms with van der Waals surface area (Å²) in [5, 5.41) is 0. The van der Waals surface area contributed by atoms with E-state index in [2.05, 4.69) is 10.7 Å². The van der Waals surface area contributed by atoms with Crippen LogP contribution in [-0.2, 0) is 4.84 Å². The van der Waals surface area contributed by atoms with Crippen molar-refractivity contribution in [2.75, 3.05) is 6.61 Å². The second-order valence-electron chi connectivity index (χ2n) is 1.68. The minimum absolute atomic E-state index is 0.572. The molecule has 0 saturated heterocycles. The van der Waals surface area contributed by atoms with E-state index in [0.717, 1.165) is 0 Å². The molecule has 0 aromatic heterocycles. The highest BCUT2D eigenvalue weighted by molar-refractivity contribution is 4.67. The highest BCUT2D eigenvalue weighted by Crippen LogP contribution is 2.25. The maximum absolute atomic E-state index is 11.8. The lowest BCUT2D eigenvalue weighted by Crippen LogP contribution is -2.28. The van der Waals surface area contributed by atoms with E-state index >= 15 is 0 Å². The standard InChI is InChI=1S/C4H7F4NO/c5-3(6)4(7,8)1-2-10-9/h3H,1-2,9H2. The monoisotopic (exact) mass is 161 g/mol. The highest BCUT2D eigenvalue weighted by atomic mass is 19.3. The predicted octanol–water partition coefficient (Wildman–Crippen LogP) is 1.17. The van der Waals surface area contributed by atoms with Gasteiger partial charge in [-0.05, 0) is 0 Å². The van der Waals surface area contributed by atoms with Gasteiger partial charge in [-0.2, -0.15) is 0 Å². The van der Waals surface area contributed by atoms with Crippen molar-refractivity contribution in [3.05, 3.63) is 0 Å². The largest absolute Gasteiger partial charge is 0.309 e. The molecule has 10 heavy (non-hydrogen) atoms. The van der Waals surface area contributed by atoms with Crippen LogP contribution in [0.3, 0.4) is 0 Å². The molecule has 0 heterocycles. The van der Waals surface area contributed by atoms with Gasteiger partial charge in [0.2, 0.25) is 0 Å². The molecule has 6 heteroatoms. The van der Waals surface area contributed by atoms with E-state index in [0.29, 0.717) is 0 Å². The number of rotatable bonds is 4. The molecule has 2 N–H and O–H groups in total. The van der Waals surface area contributed by atoms with Gasteiger partial charge in [-0.15, -0.1) is 0 Å². The smallest absolute Gasteiger partial charge is 0.304 e. The molecule has 0 aliphatic carbocycles. The zero-order chi connectivity index (χ0) is 8.20. The molecular weight excluding hydrogens is 154 g/mol. The van der Waals surface area contributed by atoms with Gasteiger partial charge in [-0.25, -0.2) is 23.5 Å². The molecule has 0 bridgehead atoms. The fourth-order valence-corrected chi connectivity index (χ4v) is 0.304. The fourth-order valence-electron chi connectivity index (χ4n) is 0.304. The first kappa shape index (κ1) is 9.64. The Hall–Kier alpha value is -0.360. The maximum atomic E-state index is 11.8. The van der Waals surface area contributed by atoms with E-state index in [1.54, 1.807) is 0 Å². The van der Waals surface area contributed by atoms with Gasteiger partial charge in [0.25, 0.3) is 0 Å². The van der Waals surface area contributed by atoms with Gasteiger partial charge in [0.05, 0.1) is 6.61 Å². The normalized spacial score (nSPS) is 12.6. The zero-order valence-electron chi connectivity index (χ0n) is 4.99. The first-order chi connectivity index (χ1) is 4.50. The molecular formula is C4H7F4NO. The Bertz CT molecular complexity index is 97.3. The molecule has 0 aromatic carbocycles. The van der Waals surface area contributed by atoms with Crippen molar-refractivity contribution >= 4 is 0 Å². The average molecular weight is 161 g/mol. The van der Waals surface area contributed by atoms with Crippen LogP contribution in [0, 0.1) is 0 Å². The van der Waals surface area contributed by atoms with Crippen LogP contribution in [-0.4, -0.2) is 19.0 Å². The lowest BCUT2D eigenvalue weighted by molar-refractivity contribution is -0.141. The quantitative estimate of drug-likeness (QED) is 0.496. The molecule has 62 valence electrons. The third-order valence-electron chi connectivity index (χ3n) is 0.872. The zero-order valence-corrected chi connectivity index (χ0v) is 4.99. The summed E-state index contributed by atoms with van der Waals surface area (Å²) in [4.78, 5) is 3.71. The van der Waals surface area contributed by atoms with E-state index in [1.165, 1.54) is 0 Å². The number of hydrogen-bond donors (Lipinski definition) is 1. The minimum atomic E-state index is -3.99. The Balaban J connectivity index is 3.63. The van der Waals surface area contributed by atoms with Crippen LogP contribution < -0.4 is 5.90 Å². The van der Waals surface area contributed by atoms with Crippen LogP contribution in [0.2, 0.25) is 0 Å². The summed E-state index contributed by atoms with van der Waals surface area (Å²) in [5.74, 6) is 0.371. The molecule has 0 fully saturated rings. The van der Waals surface area contributed by atoms with E-state index in [9.17, 15) is 17.6 Å². The lowest BCUT2D eigenvalue weighted by atomic mass is 10.2. The van der Waals surface area contributed by atoms with E-state index < -0.39 is 25.4 Å². The summed E-state index contributed by atoms with van der Waals surface area (Å²) in [7, 11) is 0. The average Bonchev–Trinajstić information content (AvgIpc) is 1.84. The van der Waals surface area contributed by atoms with E-state index in [1.807, 2.05) is 0 Å². The number of nitrogens with two attached hydrogens (primary N) is 1. The molecule has 0 aliphatic heterocycles. The Morgan fingerprint density at radius 2 is 1.90 bits per heavy atom. The van der Waals surface area contributed by atoms with Crippen molar-refractivity contribution in [2.24, 2.45) is 5.90 Å². The first-order valence-corrected chi connectivity index (χ1v) is 2.48. The molecule has 0 radical (unpaired) electrons. The van der Waals surface area contributed by atoms with Gasteiger partial charge in [0, 0.05) is 6.42 Å². The Morgan fingerprint density at radius 1 is 1.40 bits per heavy atom. The van der Waals surface area contributed by atoms with Crippen molar-refractivity contribution in [1.82, 2.24) is 0 Å². The van der Waals surface area contributed by atoms with Crippen LogP contribution in [0.5, 0.6) is 0 Å². The summed E-state index contributed by atoms with van der Waals surface area (Å²) in [5.41, 5.74) is 0. The van der Waals surface area contributed by atoms with Crippen LogP contribution in [0.1, 0.15) is 6.42 Å². The van der Waals surface area contributed by atoms with Gasteiger partial charge in [0.1, 0.15) is 0 Å². The van der Waals surface area contributed by atoms with E-state index in [-0.39, 0.29) is 0 Å². The van der Waals surface area contributed by atoms with Gasteiger partial charge < -0.3 is 4.84 Å². The molecule has 0 amide bonds. The molecule has 0 unspecified atom stereocenters. The molecule has 0 spiro atoms. The number of halogens is 4.